The van der Waals surface area contributed by atoms with E-state index in [1.165, 1.54) is 43.2 Å². The quantitative estimate of drug-likeness (QED) is 0.102. The van der Waals surface area contributed by atoms with Gasteiger partial charge in [0.1, 0.15) is 0 Å². The first-order valence-electron chi connectivity index (χ1n) is 18.4. The van der Waals surface area contributed by atoms with E-state index in [9.17, 15) is 5.11 Å². The predicted molar refractivity (Wildman–Crippen MR) is 215 cm³/mol. The number of hydrogen-bond donors (Lipinski definition) is 3. The molecule has 276 valence electrons. The molecule has 1 fully saturated rings. The molecule has 0 spiro atoms. The summed E-state index contributed by atoms with van der Waals surface area (Å²) >= 11 is 0. The number of likely N-dealkylation sites (N-methyl/N-ethyl adjacent to an activating group) is 2. The normalized spacial score (nSPS) is 17.2. The first-order valence-corrected chi connectivity index (χ1v) is 18.4. The molecule has 2 aliphatic rings. The number of allylic oxidation sites excluding steroid dienone is 5. The van der Waals surface area contributed by atoms with Gasteiger partial charge in [0, 0.05) is 63.4 Å². The van der Waals surface area contributed by atoms with Crippen molar-refractivity contribution in [2.24, 2.45) is 11.8 Å². The zero-order chi connectivity index (χ0) is 35.4. The smallest absolute Gasteiger partial charge is 0.0844 e. The molecule has 3 N–H and O–H groups in total. The molecule has 6 nitrogen and oxygen atoms in total. The first kappa shape index (κ1) is 42.7. The highest BCUT2D eigenvalue weighted by molar-refractivity contribution is 5.25. The van der Waals surface area contributed by atoms with E-state index >= 15 is 0 Å². The van der Waals surface area contributed by atoms with Crippen LogP contribution in [-0.4, -0.2) is 80.5 Å². The molecular weight excluding hydrogens is 617 g/mol. The van der Waals surface area contributed by atoms with Crippen molar-refractivity contribution in [1.29, 1.82) is 0 Å². The van der Waals surface area contributed by atoms with Crippen molar-refractivity contribution in [2.75, 3.05) is 47.4 Å². The SMILES string of the molecule is C.C#C/C=C\C(NC(=C)[C@@H](CC(=C)N(C)CCN(C)CC1=CCCC=C1)Cc1ccccc1)C(=C)N[C@@H](CC1CCCCC1)C(O)CCOC. The maximum absolute atomic E-state index is 11.2. The summed E-state index contributed by atoms with van der Waals surface area (Å²) in [6.07, 6.45) is 27.3. The van der Waals surface area contributed by atoms with Gasteiger partial charge in [-0.2, -0.15) is 0 Å². The molecule has 0 radical (unpaired) electrons. The molecule has 2 aliphatic carbocycles. The Balaban J connectivity index is 0.00000867. The maximum Gasteiger partial charge on any atom is 0.0844 e. The van der Waals surface area contributed by atoms with Gasteiger partial charge in [-0.15, -0.1) is 6.42 Å². The highest BCUT2D eigenvalue weighted by atomic mass is 16.5. The summed E-state index contributed by atoms with van der Waals surface area (Å²) in [5.41, 5.74) is 5.40. The Kier molecular flexibility index (Phi) is 20.3. The van der Waals surface area contributed by atoms with Crippen molar-refractivity contribution in [3.05, 3.63) is 109 Å². The van der Waals surface area contributed by atoms with Crippen molar-refractivity contribution < 1.29 is 9.84 Å². The number of methoxy groups -OCH3 is 1. The monoisotopic (exact) mass is 685 g/mol. The van der Waals surface area contributed by atoms with Gasteiger partial charge in [0.2, 0.25) is 0 Å². The second-order valence-corrected chi connectivity index (χ2v) is 14.1. The number of aliphatic hydroxyl groups excluding tert-OH is 1. The Morgan fingerprint density at radius 2 is 1.80 bits per heavy atom. The number of nitrogens with one attached hydrogen (secondary N) is 2. The minimum absolute atomic E-state index is 0. The molecule has 1 aromatic rings. The van der Waals surface area contributed by atoms with Crippen LogP contribution >= 0.6 is 0 Å². The van der Waals surface area contributed by atoms with E-state index in [2.05, 4.69) is 109 Å². The topological polar surface area (TPSA) is 60.0 Å². The van der Waals surface area contributed by atoms with Crippen LogP contribution in [0.2, 0.25) is 0 Å². The van der Waals surface area contributed by atoms with Gasteiger partial charge in [0.25, 0.3) is 0 Å². The standard InChI is InChI=1S/C43H64N4O2.CH4/c1-8-9-25-41(36(4)45-42(43(48)26-29-49-7)32-38-21-15-11-16-22-38)44-35(3)40(31-37-19-13-10-14-20-37)30-34(2)47(6)28-27-46(5)33-39-23-17-12-18-24-39;/h1,9-10,13-14,17,19-20,23-25,38,40-45,48H,2-4,11-12,15-16,18,21-22,26-33H2,5-7H3;1H4/b25-9-;/t40-,41?,42-,43?;/m0./s1. The number of aliphatic hydroxyl groups is 1. The molecule has 0 bridgehead atoms. The van der Waals surface area contributed by atoms with E-state index in [1.54, 1.807) is 13.2 Å². The fraction of sp³-hybridized carbons (Fsp3) is 0.545. The fourth-order valence-electron chi connectivity index (χ4n) is 6.89. The molecule has 1 saturated carbocycles. The highest BCUT2D eigenvalue weighted by Gasteiger charge is 2.27. The van der Waals surface area contributed by atoms with Crippen molar-refractivity contribution in [1.82, 2.24) is 20.4 Å². The van der Waals surface area contributed by atoms with Gasteiger partial charge in [-0.25, -0.2) is 0 Å². The number of benzene rings is 1. The second kappa shape index (κ2) is 23.8. The van der Waals surface area contributed by atoms with Crippen LogP contribution in [0.5, 0.6) is 0 Å². The highest BCUT2D eigenvalue weighted by Crippen LogP contribution is 2.29. The summed E-state index contributed by atoms with van der Waals surface area (Å²) in [6, 6.07) is 10.1. The summed E-state index contributed by atoms with van der Waals surface area (Å²) in [7, 11) is 6.00. The van der Waals surface area contributed by atoms with E-state index in [0.29, 0.717) is 18.9 Å². The Morgan fingerprint density at radius 1 is 1.06 bits per heavy atom. The van der Waals surface area contributed by atoms with E-state index in [-0.39, 0.29) is 25.4 Å². The van der Waals surface area contributed by atoms with Crippen molar-refractivity contribution in [3.63, 3.8) is 0 Å². The lowest BCUT2D eigenvalue weighted by atomic mass is 9.83. The minimum Gasteiger partial charge on any atom is -0.391 e. The van der Waals surface area contributed by atoms with Crippen molar-refractivity contribution in [2.45, 2.75) is 96.2 Å². The van der Waals surface area contributed by atoms with Gasteiger partial charge in [0.05, 0.1) is 18.2 Å². The van der Waals surface area contributed by atoms with Crippen LogP contribution in [-0.2, 0) is 11.2 Å². The van der Waals surface area contributed by atoms with E-state index in [0.717, 1.165) is 68.8 Å². The van der Waals surface area contributed by atoms with Crippen LogP contribution in [0.4, 0.5) is 0 Å². The van der Waals surface area contributed by atoms with Crippen LogP contribution < -0.4 is 10.6 Å². The number of ether oxygens (including phenoxy) is 1. The van der Waals surface area contributed by atoms with Crippen LogP contribution in [0.3, 0.4) is 0 Å². The van der Waals surface area contributed by atoms with E-state index < -0.39 is 6.10 Å². The van der Waals surface area contributed by atoms with Gasteiger partial charge in [0.15, 0.2) is 0 Å². The predicted octanol–water partition coefficient (Wildman–Crippen LogP) is 8.03. The third-order valence-electron chi connectivity index (χ3n) is 10.0. The number of hydrogen-bond acceptors (Lipinski definition) is 6. The molecule has 0 saturated heterocycles. The fourth-order valence-corrected chi connectivity index (χ4v) is 6.89. The molecule has 3 rings (SSSR count). The number of nitrogens with zero attached hydrogens (tertiary/aromatic N) is 2. The van der Waals surface area contributed by atoms with Gasteiger partial charge >= 0.3 is 0 Å². The van der Waals surface area contributed by atoms with Crippen LogP contribution in [0.25, 0.3) is 0 Å². The lowest BCUT2D eigenvalue weighted by Gasteiger charge is -2.34. The minimum atomic E-state index is -0.543. The lowest BCUT2D eigenvalue weighted by molar-refractivity contribution is 0.0726. The van der Waals surface area contributed by atoms with E-state index in [4.69, 9.17) is 11.2 Å². The molecule has 0 heterocycles. The zero-order valence-corrected chi connectivity index (χ0v) is 30.7. The zero-order valence-electron chi connectivity index (χ0n) is 30.7. The molecule has 6 heteroatoms. The van der Waals surface area contributed by atoms with Crippen molar-refractivity contribution >= 4 is 0 Å². The Labute approximate surface area is 306 Å². The van der Waals surface area contributed by atoms with Crippen LogP contribution in [0.1, 0.15) is 77.2 Å². The molecule has 50 heavy (non-hydrogen) atoms. The average Bonchev–Trinajstić information content (AvgIpc) is 3.11. The molecular formula is C44H68N4O2. The van der Waals surface area contributed by atoms with Gasteiger partial charge in [-0.05, 0) is 74.8 Å². The maximum atomic E-state index is 11.2. The molecule has 0 amide bonds. The van der Waals surface area contributed by atoms with Crippen LogP contribution in [0, 0.1) is 24.2 Å². The Hall–Kier alpha value is -3.50. The van der Waals surface area contributed by atoms with Gasteiger partial charge in [-0.1, -0.05) is 114 Å². The Bertz CT molecular complexity index is 1290. The molecule has 2 unspecified atom stereocenters. The Morgan fingerprint density at radius 3 is 2.46 bits per heavy atom. The third kappa shape index (κ3) is 15.6. The number of terminal acetylenes is 1. The van der Waals surface area contributed by atoms with Gasteiger partial charge in [-0.3, -0.25) is 0 Å². The molecule has 1 aromatic carbocycles. The average molecular weight is 685 g/mol. The summed E-state index contributed by atoms with van der Waals surface area (Å²) < 4.78 is 5.31. The lowest BCUT2D eigenvalue weighted by Crippen LogP contribution is -2.46. The first-order chi connectivity index (χ1) is 23.7. The summed E-state index contributed by atoms with van der Waals surface area (Å²) in [6.45, 7) is 16.9. The number of rotatable bonds is 23. The third-order valence-corrected chi connectivity index (χ3v) is 10.0. The molecule has 4 atom stereocenters. The summed E-state index contributed by atoms with van der Waals surface area (Å²) in [5.74, 6) is 3.33. The largest absolute Gasteiger partial charge is 0.391 e. The second-order valence-electron chi connectivity index (χ2n) is 14.1. The van der Waals surface area contributed by atoms with Crippen molar-refractivity contribution in [3.8, 4) is 12.3 Å². The van der Waals surface area contributed by atoms with Crippen LogP contribution in [0.15, 0.2) is 103 Å². The molecule has 0 aliphatic heterocycles. The molecule has 0 aromatic heterocycles. The van der Waals surface area contributed by atoms with Gasteiger partial charge < -0.3 is 30.3 Å². The summed E-state index contributed by atoms with van der Waals surface area (Å²) in [4.78, 5) is 4.66. The summed E-state index contributed by atoms with van der Waals surface area (Å²) in [5, 5.41) is 18.5. The van der Waals surface area contributed by atoms with E-state index in [1.807, 2.05) is 6.08 Å².